The van der Waals surface area contributed by atoms with E-state index in [0.29, 0.717) is 11.1 Å². The van der Waals surface area contributed by atoms with E-state index >= 15 is 0 Å². The molecule has 0 N–H and O–H groups in total. The van der Waals surface area contributed by atoms with E-state index in [1.54, 1.807) is 12.1 Å². The molecule has 0 heterocycles. The Hall–Kier alpha value is -2.95. The molecule has 2 aromatic rings. The second-order valence-corrected chi connectivity index (χ2v) is 9.47. The van der Waals surface area contributed by atoms with Gasteiger partial charge in [-0.2, -0.15) is 0 Å². The van der Waals surface area contributed by atoms with Crippen molar-refractivity contribution in [2.45, 2.75) is 73.1 Å². The minimum atomic E-state index is -0.822. The summed E-state index contributed by atoms with van der Waals surface area (Å²) in [6, 6.07) is 12.8. The van der Waals surface area contributed by atoms with Crippen LogP contribution < -0.4 is 0 Å². The van der Waals surface area contributed by atoms with E-state index < -0.39 is 11.8 Å². The Morgan fingerprint density at radius 2 is 1.29 bits per heavy atom. The van der Waals surface area contributed by atoms with Crippen molar-refractivity contribution in [1.82, 2.24) is 0 Å². The maximum Gasteiger partial charge on any atom is 0.379 e. The Bertz CT molecular complexity index is 956. The quantitative estimate of drug-likeness (QED) is 0.169. The van der Waals surface area contributed by atoms with Gasteiger partial charge >= 0.3 is 11.9 Å². The van der Waals surface area contributed by atoms with Crippen molar-refractivity contribution in [3.8, 4) is 0 Å². The zero-order valence-corrected chi connectivity index (χ0v) is 21.9. The molecule has 0 aliphatic heterocycles. The van der Waals surface area contributed by atoms with Crippen LogP contribution in [0.2, 0.25) is 0 Å². The molecule has 0 spiro atoms. The molecule has 2 aromatic carbocycles. The Morgan fingerprint density at radius 1 is 0.771 bits per heavy atom. The third kappa shape index (κ3) is 8.65. The Kier molecular flexibility index (Phi) is 11.7. The van der Waals surface area contributed by atoms with Crippen LogP contribution in [0.25, 0.3) is 0 Å². The van der Waals surface area contributed by atoms with Gasteiger partial charge in [-0.25, -0.2) is 9.59 Å². The van der Waals surface area contributed by atoms with E-state index in [-0.39, 0.29) is 31.0 Å². The van der Waals surface area contributed by atoms with E-state index in [0.717, 1.165) is 55.2 Å². The van der Waals surface area contributed by atoms with Crippen LogP contribution in [-0.2, 0) is 14.3 Å². The zero-order chi connectivity index (χ0) is 25.8. The number of carbonyl (C=O) groups is 3. The number of carbonyl (C=O) groups excluding carboxylic acids is 3. The number of esters is 2. The molecule has 0 aliphatic carbocycles. The van der Waals surface area contributed by atoms with Gasteiger partial charge in [0.15, 0.2) is 0 Å². The average molecular weight is 481 g/mol. The molecule has 2 rings (SSSR count). The summed E-state index contributed by atoms with van der Waals surface area (Å²) in [4.78, 5) is 38.1. The predicted molar refractivity (Wildman–Crippen MR) is 139 cm³/mol. The molecule has 0 saturated heterocycles. The second-order valence-electron chi connectivity index (χ2n) is 9.47. The van der Waals surface area contributed by atoms with Crippen LogP contribution in [0, 0.1) is 32.6 Å². The minimum absolute atomic E-state index is 0.0158. The molecule has 0 aliphatic rings. The first-order valence-corrected chi connectivity index (χ1v) is 12.8. The highest BCUT2D eigenvalue weighted by Gasteiger charge is 2.27. The van der Waals surface area contributed by atoms with Crippen molar-refractivity contribution in [2.75, 3.05) is 13.2 Å². The third-order valence-corrected chi connectivity index (χ3v) is 6.48. The van der Waals surface area contributed by atoms with Gasteiger partial charge in [-0.15, -0.1) is 0 Å². The normalized spacial score (nSPS) is 12.6. The zero-order valence-electron chi connectivity index (χ0n) is 21.9. The molecular weight excluding hydrogens is 440 g/mol. The summed E-state index contributed by atoms with van der Waals surface area (Å²) in [5.41, 5.74) is 3.55. The Labute approximate surface area is 210 Å². The number of benzene rings is 2. The minimum Gasteiger partial charge on any atom is -0.462 e. The first-order valence-electron chi connectivity index (χ1n) is 12.8. The topological polar surface area (TPSA) is 69.7 Å². The van der Waals surface area contributed by atoms with Gasteiger partial charge in [0.1, 0.15) is 0 Å². The molecule has 0 fully saturated rings. The molecule has 35 heavy (non-hydrogen) atoms. The number of unbranched alkanes of at least 4 members (excludes halogenated alkanes) is 2. The highest BCUT2D eigenvalue weighted by Crippen LogP contribution is 2.26. The summed E-state index contributed by atoms with van der Waals surface area (Å²) >= 11 is 0. The van der Waals surface area contributed by atoms with Crippen molar-refractivity contribution in [3.05, 3.63) is 70.3 Å². The summed E-state index contributed by atoms with van der Waals surface area (Å²) in [5.74, 6) is -1.70. The number of hydrogen-bond acceptors (Lipinski definition) is 5. The van der Waals surface area contributed by atoms with Gasteiger partial charge in [-0.1, -0.05) is 75.4 Å². The lowest BCUT2D eigenvalue weighted by atomic mass is 9.85. The molecule has 0 radical (unpaired) electrons. The van der Waals surface area contributed by atoms with Gasteiger partial charge in [0.05, 0.1) is 18.8 Å². The summed E-state index contributed by atoms with van der Waals surface area (Å²) < 4.78 is 11.2. The van der Waals surface area contributed by atoms with Gasteiger partial charge in [0.2, 0.25) is 0 Å². The monoisotopic (exact) mass is 480 g/mol. The number of hydrogen-bond donors (Lipinski definition) is 0. The van der Waals surface area contributed by atoms with Gasteiger partial charge in [0, 0.05) is 5.56 Å². The SMILES string of the molecule is CCCCC(COC(=O)C(=O)c1c(C)cc(C)cc1C)C(CCCC)COC(=O)c1ccccc1. The van der Waals surface area contributed by atoms with Gasteiger partial charge in [-0.05, 0) is 68.7 Å². The van der Waals surface area contributed by atoms with Crippen LogP contribution >= 0.6 is 0 Å². The molecule has 5 heteroatoms. The number of ketones is 1. The van der Waals surface area contributed by atoms with Gasteiger partial charge in [0.25, 0.3) is 5.78 Å². The van der Waals surface area contributed by atoms with Crippen LogP contribution in [0.3, 0.4) is 0 Å². The fourth-order valence-electron chi connectivity index (χ4n) is 4.57. The summed E-state index contributed by atoms with van der Waals surface area (Å²) in [5, 5.41) is 0. The molecule has 0 bridgehead atoms. The van der Waals surface area contributed by atoms with Crippen molar-refractivity contribution in [2.24, 2.45) is 11.8 Å². The van der Waals surface area contributed by atoms with Gasteiger partial charge < -0.3 is 9.47 Å². The molecule has 190 valence electrons. The first kappa shape index (κ1) is 28.3. The van der Waals surface area contributed by atoms with E-state index in [2.05, 4.69) is 13.8 Å². The largest absolute Gasteiger partial charge is 0.462 e. The fourth-order valence-corrected chi connectivity index (χ4v) is 4.57. The molecule has 0 saturated carbocycles. The standard InChI is InChI=1S/C30H40O5/c1-6-8-13-25(19-34-29(32)24-15-11-10-12-16-24)26(14-9-7-2)20-35-30(33)28(31)27-22(4)17-21(3)18-23(27)5/h10-12,15-18,25-26H,6-9,13-14,19-20H2,1-5H3. The molecule has 2 unspecified atom stereocenters. The lowest BCUT2D eigenvalue weighted by Crippen LogP contribution is -2.29. The molecule has 5 nitrogen and oxygen atoms in total. The van der Waals surface area contributed by atoms with Crippen molar-refractivity contribution >= 4 is 17.7 Å². The highest BCUT2D eigenvalue weighted by molar-refractivity contribution is 6.41. The molecular formula is C30H40O5. The summed E-state index contributed by atoms with van der Waals surface area (Å²) in [7, 11) is 0. The lowest BCUT2D eigenvalue weighted by molar-refractivity contribution is -0.140. The average Bonchev–Trinajstić information content (AvgIpc) is 2.84. The third-order valence-electron chi connectivity index (χ3n) is 6.48. The molecule has 0 aromatic heterocycles. The predicted octanol–water partition coefficient (Wildman–Crippen LogP) is 6.81. The Morgan fingerprint density at radius 3 is 1.80 bits per heavy atom. The number of Topliss-reactive ketones (excluding diaryl/α,β-unsaturated/α-hetero) is 1. The van der Waals surface area contributed by atoms with Crippen LogP contribution in [0.5, 0.6) is 0 Å². The highest BCUT2D eigenvalue weighted by atomic mass is 16.5. The Balaban J connectivity index is 2.10. The van der Waals surface area contributed by atoms with Crippen LogP contribution in [0.4, 0.5) is 0 Å². The number of rotatable bonds is 14. The maximum atomic E-state index is 12.9. The van der Waals surface area contributed by atoms with Crippen LogP contribution in [-0.4, -0.2) is 30.9 Å². The van der Waals surface area contributed by atoms with Gasteiger partial charge in [-0.3, -0.25) is 4.79 Å². The fraction of sp³-hybridized carbons (Fsp3) is 0.500. The van der Waals surface area contributed by atoms with E-state index in [1.807, 2.05) is 51.1 Å². The van der Waals surface area contributed by atoms with Crippen molar-refractivity contribution in [1.29, 1.82) is 0 Å². The maximum absolute atomic E-state index is 12.9. The van der Waals surface area contributed by atoms with Crippen molar-refractivity contribution in [3.63, 3.8) is 0 Å². The number of aryl methyl sites for hydroxylation is 3. The molecule has 2 atom stereocenters. The van der Waals surface area contributed by atoms with E-state index in [4.69, 9.17) is 9.47 Å². The summed E-state index contributed by atoms with van der Waals surface area (Å²) in [6.07, 6.45) is 5.71. The smallest absolute Gasteiger partial charge is 0.379 e. The van der Waals surface area contributed by atoms with E-state index in [9.17, 15) is 14.4 Å². The second kappa shape index (κ2) is 14.4. The first-order chi connectivity index (χ1) is 16.8. The van der Waals surface area contributed by atoms with E-state index in [1.165, 1.54) is 0 Å². The summed E-state index contributed by atoms with van der Waals surface area (Å²) in [6.45, 7) is 10.3. The van der Waals surface area contributed by atoms with Crippen LogP contribution in [0.1, 0.15) is 89.8 Å². The van der Waals surface area contributed by atoms with Crippen molar-refractivity contribution < 1.29 is 23.9 Å². The molecule has 0 amide bonds. The van der Waals surface area contributed by atoms with Crippen LogP contribution in [0.15, 0.2) is 42.5 Å². The lowest BCUT2D eigenvalue weighted by Gasteiger charge is -2.27. The number of ether oxygens (including phenoxy) is 2.